The van der Waals surface area contributed by atoms with E-state index in [9.17, 15) is 19.5 Å². The lowest BCUT2D eigenvalue weighted by Crippen LogP contribution is -2.45. The molecule has 2 N–H and O–H groups in total. The predicted octanol–water partition coefficient (Wildman–Crippen LogP) is 4.63. The fourth-order valence-electron chi connectivity index (χ4n) is 7.14. The molecule has 0 bridgehead atoms. The number of hydrogen-bond acceptors (Lipinski definition) is 9. The number of benzene rings is 2. The fraction of sp³-hybridized carbons (Fsp3) is 0.500. The van der Waals surface area contributed by atoms with Crippen LogP contribution in [0.3, 0.4) is 0 Å². The molecule has 0 saturated carbocycles. The summed E-state index contributed by atoms with van der Waals surface area (Å²) in [6.07, 6.45) is 3.23. The number of halogens is 1. The molecule has 0 unspecified atom stereocenters. The third-order valence-corrected chi connectivity index (χ3v) is 11.9. The summed E-state index contributed by atoms with van der Waals surface area (Å²) in [6, 6.07) is 12.0. The lowest BCUT2D eigenvalue weighted by Gasteiger charge is -2.31. The maximum atomic E-state index is 16.3. The normalized spacial score (nSPS) is 21.9. The largest absolute Gasteiger partial charge is 0.497 e. The van der Waals surface area contributed by atoms with E-state index in [0.29, 0.717) is 72.7 Å². The molecular formula is C34H44FN5O7Si. The van der Waals surface area contributed by atoms with Gasteiger partial charge in [0.15, 0.2) is 5.60 Å². The minimum absolute atomic E-state index is 0.0442. The standard InChI is InChI=1S/C34H44FN5O7Si/c1-22-31(48(4,5)35)29(15-18-39-21-25(16-19-41)37-38-39)47-34(22)27-20-24(36-32(43)23-9-12-26(45-2)13-10-23)11-14-28(27)40(33(34)44)17-7-6-8-30(42)46-3/h9-14,20-22,29,31,41H,6-8,15-19H2,1-5H3,(H,36,43)/t22-,29+,31-,34+/m0/s1. The summed E-state index contributed by atoms with van der Waals surface area (Å²) in [5, 5.41) is 20.4. The number of nitrogens with one attached hydrogen (secondary N) is 1. The van der Waals surface area contributed by atoms with Crippen molar-refractivity contribution < 1.29 is 37.8 Å². The first kappa shape index (κ1) is 35.2. The quantitative estimate of drug-likeness (QED) is 0.108. The molecule has 12 nitrogen and oxygen atoms in total. The maximum Gasteiger partial charge on any atom is 0.305 e. The Labute approximate surface area is 280 Å². The van der Waals surface area contributed by atoms with Gasteiger partial charge in [0.25, 0.3) is 11.8 Å². The van der Waals surface area contributed by atoms with Crippen molar-refractivity contribution in [3.8, 4) is 5.75 Å². The molecular weight excluding hydrogens is 637 g/mol. The van der Waals surface area contributed by atoms with Gasteiger partial charge < -0.3 is 33.6 Å². The maximum absolute atomic E-state index is 16.3. The number of ether oxygens (including phenoxy) is 3. The van der Waals surface area contributed by atoms with Gasteiger partial charge in [0, 0.05) is 67.0 Å². The number of aliphatic hydroxyl groups is 1. The highest BCUT2D eigenvalue weighted by atomic mass is 28.4. The van der Waals surface area contributed by atoms with Crippen LogP contribution < -0.4 is 15.0 Å². The molecule has 2 aromatic carbocycles. The van der Waals surface area contributed by atoms with Crippen molar-refractivity contribution in [1.82, 2.24) is 15.0 Å². The van der Waals surface area contributed by atoms with Crippen LogP contribution in [0, 0.1) is 5.92 Å². The Bertz CT molecular complexity index is 1630. The van der Waals surface area contributed by atoms with Gasteiger partial charge in [-0.15, -0.1) is 5.10 Å². The van der Waals surface area contributed by atoms with Crippen molar-refractivity contribution in [3.63, 3.8) is 0 Å². The zero-order chi connectivity index (χ0) is 34.6. The van der Waals surface area contributed by atoms with Gasteiger partial charge in [0.2, 0.25) is 8.41 Å². The minimum Gasteiger partial charge on any atom is -0.497 e. The lowest BCUT2D eigenvalue weighted by molar-refractivity contribution is -0.146. The van der Waals surface area contributed by atoms with E-state index in [2.05, 4.69) is 15.6 Å². The third-order valence-electron chi connectivity index (χ3n) is 9.41. The van der Waals surface area contributed by atoms with Crippen LogP contribution >= 0.6 is 0 Å². The zero-order valence-electron chi connectivity index (χ0n) is 28.1. The number of aryl methyl sites for hydroxylation is 1. The van der Waals surface area contributed by atoms with Crippen molar-refractivity contribution in [2.45, 2.75) is 75.9 Å². The number of hydrogen-bond donors (Lipinski definition) is 2. The second kappa shape index (κ2) is 14.5. The molecule has 1 spiro atoms. The number of carbonyl (C=O) groups excluding carboxylic acids is 3. The number of amides is 2. The van der Waals surface area contributed by atoms with Gasteiger partial charge >= 0.3 is 5.97 Å². The van der Waals surface area contributed by atoms with Gasteiger partial charge in [-0.25, -0.2) is 0 Å². The molecule has 5 rings (SSSR count). The highest BCUT2D eigenvalue weighted by molar-refractivity contribution is 6.72. The topological polar surface area (TPSA) is 145 Å². The second-order valence-electron chi connectivity index (χ2n) is 12.9. The highest BCUT2D eigenvalue weighted by Gasteiger charge is 2.66. The highest BCUT2D eigenvalue weighted by Crippen LogP contribution is 2.60. The molecule has 1 fully saturated rings. The number of unbranched alkanes of at least 4 members (excludes halogenated alkanes) is 1. The Balaban J connectivity index is 1.48. The first-order valence-corrected chi connectivity index (χ1v) is 19.2. The summed E-state index contributed by atoms with van der Waals surface area (Å²) in [5.41, 5.74) is 0.771. The summed E-state index contributed by atoms with van der Waals surface area (Å²) >= 11 is 0. The summed E-state index contributed by atoms with van der Waals surface area (Å²) < 4.78 is 34.7. The molecule has 258 valence electrons. The number of nitrogens with zero attached hydrogens (tertiary/aromatic N) is 4. The minimum atomic E-state index is -3.41. The summed E-state index contributed by atoms with van der Waals surface area (Å²) in [7, 11) is -0.513. The first-order valence-electron chi connectivity index (χ1n) is 16.3. The van der Waals surface area contributed by atoms with Crippen molar-refractivity contribution in [1.29, 1.82) is 0 Å². The average Bonchev–Trinajstić information content (AvgIpc) is 3.71. The Morgan fingerprint density at radius 1 is 1.12 bits per heavy atom. The van der Waals surface area contributed by atoms with Crippen LogP contribution in [0.1, 0.15) is 54.2 Å². The molecule has 14 heteroatoms. The van der Waals surface area contributed by atoms with Gasteiger partial charge in [-0.05, 0) is 74.8 Å². The van der Waals surface area contributed by atoms with E-state index in [1.807, 2.05) is 6.92 Å². The van der Waals surface area contributed by atoms with Gasteiger partial charge in [-0.1, -0.05) is 12.1 Å². The Morgan fingerprint density at radius 3 is 2.54 bits per heavy atom. The SMILES string of the molecule is COC(=O)CCCCN1C(=O)[C@]2(O[C@H](CCn3cc(CCO)nn3)[C@@H]([Si](C)(C)F)[C@@H]2C)c2cc(NC(=O)c3ccc(OC)cc3)ccc21. The molecule has 3 aromatic rings. The molecule has 0 aliphatic carbocycles. The van der Waals surface area contributed by atoms with E-state index in [4.69, 9.17) is 14.2 Å². The number of aliphatic hydroxyl groups excluding tert-OH is 1. The van der Waals surface area contributed by atoms with Crippen molar-refractivity contribution in [2.75, 3.05) is 37.6 Å². The van der Waals surface area contributed by atoms with Crippen LogP contribution in [0.15, 0.2) is 48.7 Å². The molecule has 1 aromatic heterocycles. The van der Waals surface area contributed by atoms with E-state index < -0.39 is 31.6 Å². The molecule has 48 heavy (non-hydrogen) atoms. The fourth-order valence-corrected chi connectivity index (χ4v) is 9.68. The van der Waals surface area contributed by atoms with Gasteiger partial charge in [-0.3, -0.25) is 19.1 Å². The third kappa shape index (κ3) is 7.01. The van der Waals surface area contributed by atoms with E-state index in [0.717, 1.165) is 0 Å². The number of rotatable bonds is 14. The van der Waals surface area contributed by atoms with Crippen molar-refractivity contribution in [2.24, 2.45) is 5.92 Å². The van der Waals surface area contributed by atoms with Gasteiger partial charge in [0.1, 0.15) is 5.75 Å². The van der Waals surface area contributed by atoms with E-state index in [1.54, 1.807) is 78.4 Å². The Hall–Kier alpha value is -4.14. The lowest BCUT2D eigenvalue weighted by atomic mass is 9.82. The van der Waals surface area contributed by atoms with Crippen LogP contribution in [0.4, 0.5) is 15.5 Å². The molecule has 0 radical (unpaired) electrons. The second-order valence-corrected chi connectivity index (χ2v) is 16.7. The van der Waals surface area contributed by atoms with Crippen LogP contribution in [-0.2, 0) is 37.6 Å². The van der Waals surface area contributed by atoms with Crippen molar-refractivity contribution >= 4 is 37.6 Å². The summed E-state index contributed by atoms with van der Waals surface area (Å²) in [6.45, 7) is 5.86. The average molecular weight is 682 g/mol. The number of carbonyl (C=O) groups is 3. The van der Waals surface area contributed by atoms with Crippen LogP contribution in [0.2, 0.25) is 18.6 Å². The number of aromatic nitrogens is 3. The van der Waals surface area contributed by atoms with E-state index >= 15 is 4.11 Å². The molecule has 3 heterocycles. The Kier molecular flexibility index (Phi) is 10.7. The molecule has 2 aliphatic rings. The Morgan fingerprint density at radius 2 is 1.88 bits per heavy atom. The zero-order valence-corrected chi connectivity index (χ0v) is 29.1. The van der Waals surface area contributed by atoms with Crippen LogP contribution in [0.5, 0.6) is 5.75 Å². The predicted molar refractivity (Wildman–Crippen MR) is 179 cm³/mol. The number of methoxy groups -OCH3 is 2. The first-order chi connectivity index (χ1) is 22.9. The number of fused-ring (bicyclic) bond motifs is 2. The number of esters is 1. The van der Waals surface area contributed by atoms with Gasteiger partial charge in [0.05, 0.1) is 31.7 Å². The van der Waals surface area contributed by atoms with Gasteiger partial charge in [-0.2, -0.15) is 0 Å². The monoisotopic (exact) mass is 681 g/mol. The molecule has 4 atom stereocenters. The van der Waals surface area contributed by atoms with E-state index in [-0.39, 0.29) is 30.8 Å². The van der Waals surface area contributed by atoms with Crippen molar-refractivity contribution in [3.05, 3.63) is 65.5 Å². The van der Waals surface area contributed by atoms with E-state index in [1.165, 1.54) is 7.11 Å². The molecule has 2 aliphatic heterocycles. The summed E-state index contributed by atoms with van der Waals surface area (Å²) in [5.74, 6) is -0.826. The van der Waals surface area contributed by atoms with Crippen LogP contribution in [0.25, 0.3) is 0 Å². The molecule has 1 saturated heterocycles. The summed E-state index contributed by atoms with van der Waals surface area (Å²) in [4.78, 5) is 41.2. The smallest absolute Gasteiger partial charge is 0.305 e. The number of anilines is 2. The molecule has 2 amide bonds. The van der Waals surface area contributed by atoms with Crippen LogP contribution in [-0.4, -0.2) is 79.8 Å².